The Kier molecular flexibility index (Phi) is 14.0. The number of carbonyl (C=O) groups excluding carboxylic acids is 7. The summed E-state index contributed by atoms with van der Waals surface area (Å²) in [6, 6.07) is 9.50. The third kappa shape index (κ3) is 10.7. The number of aromatic nitrogens is 3. The topological polar surface area (TPSA) is 247 Å². The van der Waals surface area contributed by atoms with E-state index in [0.29, 0.717) is 36.2 Å². The van der Waals surface area contributed by atoms with Crippen LogP contribution < -0.4 is 21.3 Å². The van der Waals surface area contributed by atoms with Crippen LogP contribution in [0.25, 0.3) is 10.9 Å². The largest absolute Gasteiger partial charge is 0.433 e. The molecule has 0 spiro atoms. The maximum atomic E-state index is 13.2. The highest BCUT2D eigenvalue weighted by molar-refractivity contribution is 6.25. The Labute approximate surface area is 374 Å². The third-order valence-corrected chi connectivity index (χ3v) is 11.0. The second-order valence-corrected chi connectivity index (χ2v) is 16.1. The number of fused-ring (bicyclic) bond motifs is 2. The number of piperidine rings is 1. The van der Waals surface area contributed by atoms with Gasteiger partial charge in [-0.2, -0.15) is 18.3 Å². The summed E-state index contributed by atoms with van der Waals surface area (Å²) in [7, 11) is 0. The molecule has 350 valence electrons. The average Bonchev–Trinajstić information content (AvgIpc) is 3.91. The molecule has 66 heavy (non-hydrogen) atoms. The molecule has 4 aromatic rings. The molecule has 20 nitrogen and oxygen atoms in total. The van der Waals surface area contributed by atoms with Crippen LogP contribution in [0.4, 0.5) is 29.3 Å². The molecule has 3 aliphatic rings. The fourth-order valence-electron chi connectivity index (χ4n) is 7.70. The van der Waals surface area contributed by atoms with Crippen molar-refractivity contribution in [3.63, 3.8) is 0 Å². The second kappa shape index (κ2) is 19.6. The van der Waals surface area contributed by atoms with E-state index < -0.39 is 58.7 Å². The number of hydrogen-bond donors (Lipinski definition) is 5. The number of urea groups is 1. The highest BCUT2D eigenvalue weighted by Crippen LogP contribution is 2.34. The van der Waals surface area contributed by atoms with Gasteiger partial charge in [0.15, 0.2) is 0 Å². The summed E-state index contributed by atoms with van der Waals surface area (Å²) in [6.07, 6.45) is -2.99. The molecular formula is C43H47F3N10O10. The number of nitrogens with zero attached hydrogens (tertiary/aromatic N) is 6. The van der Waals surface area contributed by atoms with E-state index in [9.17, 15) is 51.8 Å². The van der Waals surface area contributed by atoms with Crippen molar-refractivity contribution in [2.24, 2.45) is 0 Å². The highest BCUT2D eigenvalue weighted by Gasteiger charge is 2.45. The van der Waals surface area contributed by atoms with Crippen molar-refractivity contribution in [3.8, 4) is 0 Å². The molecule has 2 saturated heterocycles. The Hall–Kier alpha value is -6.98. The van der Waals surface area contributed by atoms with Crippen LogP contribution in [0.15, 0.2) is 54.7 Å². The Bertz CT molecular complexity index is 2560. The maximum absolute atomic E-state index is 13.2. The van der Waals surface area contributed by atoms with Gasteiger partial charge in [-0.3, -0.25) is 43.7 Å². The molecule has 0 radical (unpaired) electrons. The monoisotopic (exact) mass is 920 g/mol. The van der Waals surface area contributed by atoms with E-state index >= 15 is 0 Å². The summed E-state index contributed by atoms with van der Waals surface area (Å²) in [4.78, 5) is 96.3. The van der Waals surface area contributed by atoms with Gasteiger partial charge in [-0.1, -0.05) is 12.1 Å². The lowest BCUT2D eigenvalue weighted by atomic mass is 9.95. The van der Waals surface area contributed by atoms with Crippen LogP contribution in [-0.2, 0) is 42.2 Å². The fraction of sp³-hybridized carbons (Fsp3) is 0.419. The Morgan fingerprint density at radius 1 is 0.894 bits per heavy atom. The van der Waals surface area contributed by atoms with Gasteiger partial charge in [0.1, 0.15) is 24.0 Å². The first-order chi connectivity index (χ1) is 31.4. The van der Waals surface area contributed by atoms with E-state index in [4.69, 9.17) is 9.47 Å². The molecule has 2 aromatic heterocycles. The normalized spacial score (nSPS) is 16.6. The van der Waals surface area contributed by atoms with Gasteiger partial charge in [-0.05, 0) is 56.7 Å². The molecule has 23 heteroatoms. The lowest BCUT2D eigenvalue weighted by Crippen LogP contribution is -2.54. The van der Waals surface area contributed by atoms with Crippen LogP contribution in [0.3, 0.4) is 0 Å². The van der Waals surface area contributed by atoms with Gasteiger partial charge in [-0.15, -0.1) is 0 Å². The second-order valence-electron chi connectivity index (χ2n) is 16.1. The van der Waals surface area contributed by atoms with Crippen LogP contribution >= 0.6 is 0 Å². The first kappa shape index (κ1) is 47.0. The smallest absolute Gasteiger partial charge is 0.386 e. The SMILES string of the molecule is CC(C)(O)c1cc2nn(CCN3CCN(CC(=O)NCCOCCOCCNc4cccc5c4C(=O)N(C4CCC(=O)NC4=O)C5=O)C3=O)cc2cc1NC(=O)c1cccc(C(F)(F)F)n1. The predicted octanol–water partition coefficient (Wildman–Crippen LogP) is 2.33. The number of halogens is 3. The van der Waals surface area contributed by atoms with E-state index in [-0.39, 0.29) is 99.8 Å². The number of imide groups is 2. The Morgan fingerprint density at radius 3 is 2.35 bits per heavy atom. The number of aliphatic hydroxyl groups is 1. The van der Waals surface area contributed by atoms with Gasteiger partial charge in [0.05, 0.1) is 55.2 Å². The van der Waals surface area contributed by atoms with E-state index in [0.717, 1.165) is 23.1 Å². The quantitative estimate of drug-likeness (QED) is 0.0671. The summed E-state index contributed by atoms with van der Waals surface area (Å²) in [5, 5.41) is 26.6. The molecular weight excluding hydrogens is 874 g/mol. The van der Waals surface area contributed by atoms with Crippen molar-refractivity contribution in [1.82, 2.24) is 40.1 Å². The Balaban J connectivity index is 0.789. The van der Waals surface area contributed by atoms with Crippen molar-refractivity contribution in [1.29, 1.82) is 0 Å². The number of hydrogen-bond acceptors (Lipinski definition) is 13. The van der Waals surface area contributed by atoms with E-state index in [1.54, 1.807) is 40.0 Å². The number of ether oxygens (including phenoxy) is 2. The summed E-state index contributed by atoms with van der Waals surface area (Å²) in [5.41, 5.74) is -1.53. The molecule has 0 aliphatic carbocycles. The summed E-state index contributed by atoms with van der Waals surface area (Å²) >= 11 is 0. The van der Waals surface area contributed by atoms with Gasteiger partial charge < -0.3 is 40.3 Å². The van der Waals surface area contributed by atoms with Crippen LogP contribution in [-0.4, -0.2) is 148 Å². The fourth-order valence-corrected chi connectivity index (χ4v) is 7.70. The molecule has 1 atom stereocenters. The summed E-state index contributed by atoms with van der Waals surface area (Å²) in [6.45, 7) is 5.47. The molecule has 2 fully saturated rings. The standard InChI is InChI=1S/C43H47F3N10O10/c1-42(2,64)27-22-30-25(21-31(27)50-37(59)29-7-4-8-33(49-29)43(44,45)46)23-55(52-30)16-15-53-13-14-54(41(53)63)24-35(58)48-12-18-66-20-19-65-17-11-47-28-6-3-5-26-36(28)40(62)56(39(26)61)32-9-10-34(57)51-38(32)60/h3-8,21-23,32,47,64H,9-20,24H2,1-2H3,(H,48,58)(H,50,59)(H,51,57,60). The molecule has 5 heterocycles. The van der Waals surface area contributed by atoms with Gasteiger partial charge in [0.25, 0.3) is 17.7 Å². The van der Waals surface area contributed by atoms with E-state index in [1.165, 1.54) is 24.8 Å². The summed E-state index contributed by atoms with van der Waals surface area (Å²) < 4.78 is 52.4. The zero-order chi connectivity index (χ0) is 47.3. The zero-order valence-corrected chi connectivity index (χ0v) is 35.9. The average molecular weight is 921 g/mol. The number of alkyl halides is 3. The minimum atomic E-state index is -4.74. The molecule has 5 N–H and O–H groups in total. The molecule has 2 aromatic carbocycles. The molecule has 7 rings (SSSR count). The number of anilines is 2. The Morgan fingerprint density at radius 2 is 1.62 bits per heavy atom. The number of benzene rings is 2. The molecule has 1 unspecified atom stereocenters. The number of amides is 8. The minimum Gasteiger partial charge on any atom is -0.386 e. The lowest BCUT2D eigenvalue weighted by Gasteiger charge is -2.27. The van der Waals surface area contributed by atoms with Gasteiger partial charge >= 0.3 is 12.2 Å². The van der Waals surface area contributed by atoms with Gasteiger partial charge in [0.2, 0.25) is 17.7 Å². The molecule has 0 bridgehead atoms. The van der Waals surface area contributed by atoms with Crippen molar-refractivity contribution in [2.75, 3.05) is 76.3 Å². The number of pyridine rings is 1. The number of rotatable bonds is 19. The number of nitrogens with one attached hydrogen (secondary N) is 4. The van der Waals surface area contributed by atoms with E-state index in [1.807, 2.05) is 0 Å². The van der Waals surface area contributed by atoms with Gasteiger partial charge in [0, 0.05) is 67.7 Å². The van der Waals surface area contributed by atoms with Crippen LogP contribution in [0, 0.1) is 0 Å². The number of carbonyl (C=O) groups is 7. The van der Waals surface area contributed by atoms with Crippen LogP contribution in [0.2, 0.25) is 0 Å². The predicted molar refractivity (Wildman–Crippen MR) is 227 cm³/mol. The third-order valence-electron chi connectivity index (χ3n) is 11.0. The lowest BCUT2D eigenvalue weighted by molar-refractivity contribution is -0.141. The molecule has 8 amide bonds. The summed E-state index contributed by atoms with van der Waals surface area (Å²) in [5.74, 6) is -3.61. The van der Waals surface area contributed by atoms with Crippen LogP contribution in [0.5, 0.6) is 0 Å². The maximum Gasteiger partial charge on any atom is 0.433 e. The van der Waals surface area contributed by atoms with Gasteiger partial charge in [-0.25, -0.2) is 9.78 Å². The zero-order valence-electron chi connectivity index (χ0n) is 35.9. The molecule has 3 aliphatic heterocycles. The highest BCUT2D eigenvalue weighted by atomic mass is 19.4. The van der Waals surface area contributed by atoms with Crippen molar-refractivity contribution in [2.45, 2.75) is 51.1 Å². The van der Waals surface area contributed by atoms with E-state index in [2.05, 4.69) is 31.3 Å². The van der Waals surface area contributed by atoms with Crippen molar-refractivity contribution in [3.05, 3.63) is 82.8 Å². The first-order valence-electron chi connectivity index (χ1n) is 21.0. The minimum absolute atomic E-state index is 0.0242. The first-order valence-corrected chi connectivity index (χ1v) is 21.0. The molecule has 0 saturated carbocycles. The van der Waals surface area contributed by atoms with Crippen molar-refractivity contribution < 1.29 is 61.3 Å². The van der Waals surface area contributed by atoms with Crippen LogP contribution in [0.1, 0.15) is 69.2 Å². The van der Waals surface area contributed by atoms with Crippen molar-refractivity contribution >= 4 is 63.8 Å².